The number of carbonyl (C=O) groups excluding carboxylic acids is 1. The topological polar surface area (TPSA) is 97.6 Å². The van der Waals surface area contributed by atoms with E-state index in [0.29, 0.717) is 30.0 Å². The fourth-order valence-electron chi connectivity index (χ4n) is 4.00. The third-order valence-corrected chi connectivity index (χ3v) is 7.52. The van der Waals surface area contributed by atoms with E-state index >= 15 is 0 Å². The lowest BCUT2D eigenvalue weighted by Gasteiger charge is -2.30. The van der Waals surface area contributed by atoms with Crippen molar-refractivity contribution in [2.75, 3.05) is 32.8 Å². The van der Waals surface area contributed by atoms with Crippen molar-refractivity contribution in [2.45, 2.75) is 43.9 Å². The van der Waals surface area contributed by atoms with Gasteiger partial charge in [-0.05, 0) is 61.4 Å². The van der Waals surface area contributed by atoms with Gasteiger partial charge in [-0.2, -0.15) is 4.31 Å². The van der Waals surface area contributed by atoms with Crippen LogP contribution in [0.1, 0.15) is 39.0 Å². The molecule has 1 amide bonds. The van der Waals surface area contributed by atoms with Crippen molar-refractivity contribution in [2.24, 2.45) is 5.92 Å². The number of nitrogens with zero attached hydrogens (tertiary/aromatic N) is 5. The van der Waals surface area contributed by atoms with Crippen LogP contribution in [0.25, 0.3) is 11.0 Å². The van der Waals surface area contributed by atoms with Gasteiger partial charge in [0.05, 0.1) is 4.90 Å². The summed E-state index contributed by atoms with van der Waals surface area (Å²) in [5.74, 6) is 0.248. The molecule has 2 aromatic rings. The predicted molar refractivity (Wildman–Crippen MR) is 107 cm³/mol. The SMILES string of the molecule is C[C@@H]1CCCN(S(=O)(=O)c2ccc3nnn(OCC(=O)N4CCCCC4)c3c2)C1. The first-order valence-corrected chi connectivity index (χ1v) is 11.7. The van der Waals surface area contributed by atoms with Crippen molar-refractivity contribution in [1.29, 1.82) is 0 Å². The molecule has 10 heteroatoms. The van der Waals surface area contributed by atoms with Gasteiger partial charge in [0.15, 0.2) is 6.61 Å². The summed E-state index contributed by atoms with van der Waals surface area (Å²) in [7, 11) is -3.60. The number of rotatable bonds is 5. The van der Waals surface area contributed by atoms with Gasteiger partial charge in [-0.15, -0.1) is 5.10 Å². The first-order chi connectivity index (χ1) is 13.9. The molecule has 0 bridgehead atoms. The van der Waals surface area contributed by atoms with Crippen molar-refractivity contribution < 1.29 is 18.0 Å². The Bertz CT molecular complexity index is 984. The molecule has 1 aromatic heterocycles. The van der Waals surface area contributed by atoms with Gasteiger partial charge < -0.3 is 9.74 Å². The van der Waals surface area contributed by atoms with Crippen LogP contribution in [-0.4, -0.2) is 71.5 Å². The van der Waals surface area contributed by atoms with Gasteiger partial charge in [-0.1, -0.05) is 11.8 Å². The van der Waals surface area contributed by atoms with Crippen LogP contribution in [0.3, 0.4) is 0 Å². The fourth-order valence-corrected chi connectivity index (χ4v) is 5.62. The summed E-state index contributed by atoms with van der Waals surface area (Å²) in [5, 5.41) is 7.94. The summed E-state index contributed by atoms with van der Waals surface area (Å²) in [6.45, 7) is 4.46. The summed E-state index contributed by atoms with van der Waals surface area (Å²) < 4.78 is 27.7. The minimum absolute atomic E-state index is 0.0977. The van der Waals surface area contributed by atoms with E-state index < -0.39 is 10.0 Å². The summed E-state index contributed by atoms with van der Waals surface area (Å²) in [4.78, 5) is 21.0. The lowest BCUT2D eigenvalue weighted by Crippen LogP contribution is -2.40. The largest absolute Gasteiger partial charge is 0.385 e. The second-order valence-corrected chi connectivity index (χ2v) is 9.88. The Balaban J connectivity index is 1.52. The summed E-state index contributed by atoms with van der Waals surface area (Å²) in [5.41, 5.74) is 0.948. The van der Waals surface area contributed by atoms with E-state index in [1.54, 1.807) is 17.0 Å². The monoisotopic (exact) mass is 421 g/mol. The molecule has 0 N–H and O–H groups in total. The molecule has 1 atom stereocenters. The van der Waals surface area contributed by atoms with Gasteiger partial charge in [0, 0.05) is 26.2 Å². The van der Waals surface area contributed by atoms with Crippen LogP contribution in [0.2, 0.25) is 0 Å². The number of hydrogen-bond acceptors (Lipinski definition) is 6. The average molecular weight is 422 g/mol. The maximum absolute atomic E-state index is 13.1. The van der Waals surface area contributed by atoms with E-state index in [2.05, 4.69) is 17.2 Å². The van der Waals surface area contributed by atoms with Gasteiger partial charge in [0.25, 0.3) is 5.91 Å². The predicted octanol–water partition coefficient (Wildman–Crippen LogP) is 1.29. The summed E-state index contributed by atoms with van der Waals surface area (Å²) in [6.07, 6.45) is 5.07. The molecule has 1 aromatic carbocycles. The minimum Gasteiger partial charge on any atom is -0.385 e. The second kappa shape index (κ2) is 8.27. The summed E-state index contributed by atoms with van der Waals surface area (Å²) in [6, 6.07) is 4.69. The number of amides is 1. The zero-order valence-electron chi connectivity index (χ0n) is 16.7. The van der Waals surface area contributed by atoms with E-state index in [4.69, 9.17) is 4.84 Å². The second-order valence-electron chi connectivity index (χ2n) is 7.94. The highest BCUT2D eigenvalue weighted by atomic mass is 32.2. The van der Waals surface area contributed by atoms with E-state index in [-0.39, 0.29) is 17.4 Å². The molecule has 29 heavy (non-hydrogen) atoms. The molecule has 3 heterocycles. The van der Waals surface area contributed by atoms with Crippen LogP contribution in [0.15, 0.2) is 23.1 Å². The number of benzene rings is 1. The Morgan fingerprint density at radius 1 is 1.17 bits per heavy atom. The molecule has 0 saturated carbocycles. The number of carbonyl (C=O) groups is 1. The molecule has 0 radical (unpaired) electrons. The molecule has 0 unspecified atom stereocenters. The highest BCUT2D eigenvalue weighted by molar-refractivity contribution is 7.89. The maximum atomic E-state index is 13.1. The van der Waals surface area contributed by atoms with E-state index in [0.717, 1.165) is 50.0 Å². The van der Waals surface area contributed by atoms with Gasteiger partial charge in [-0.3, -0.25) is 4.79 Å². The normalized spacial score (nSPS) is 21.4. The van der Waals surface area contributed by atoms with Crippen molar-refractivity contribution in [3.63, 3.8) is 0 Å². The van der Waals surface area contributed by atoms with Crippen molar-refractivity contribution >= 4 is 27.0 Å². The molecule has 2 fully saturated rings. The lowest BCUT2D eigenvalue weighted by atomic mass is 10.0. The molecule has 0 spiro atoms. The van der Waals surface area contributed by atoms with Crippen LogP contribution in [0, 0.1) is 5.92 Å². The van der Waals surface area contributed by atoms with Crippen molar-refractivity contribution in [3.05, 3.63) is 18.2 Å². The first kappa shape index (κ1) is 20.1. The Morgan fingerprint density at radius 2 is 1.97 bits per heavy atom. The Morgan fingerprint density at radius 3 is 2.72 bits per heavy atom. The summed E-state index contributed by atoms with van der Waals surface area (Å²) >= 11 is 0. The number of sulfonamides is 1. The maximum Gasteiger partial charge on any atom is 0.263 e. The molecule has 4 rings (SSSR count). The third-order valence-electron chi connectivity index (χ3n) is 5.66. The number of piperidine rings is 2. The number of fused-ring (bicyclic) bond motifs is 1. The molecule has 9 nitrogen and oxygen atoms in total. The molecular weight excluding hydrogens is 394 g/mol. The van der Waals surface area contributed by atoms with E-state index in [1.807, 2.05) is 0 Å². The van der Waals surface area contributed by atoms with Crippen molar-refractivity contribution in [1.82, 2.24) is 24.4 Å². The molecule has 2 aliphatic rings. The Hall–Kier alpha value is -2.20. The number of likely N-dealkylation sites (tertiary alicyclic amines) is 1. The molecule has 158 valence electrons. The quantitative estimate of drug-likeness (QED) is 0.722. The average Bonchev–Trinajstić information content (AvgIpc) is 3.15. The molecular formula is C19H27N5O4S. The standard InChI is InChI=1S/C19H27N5O4S/c1-15-6-5-11-23(13-15)29(26,27)16-7-8-17-18(12-16)24(21-20-17)28-14-19(25)22-9-3-2-4-10-22/h7-8,12,15H,2-6,9-11,13-14H2,1H3/t15-/m1/s1. The Kier molecular flexibility index (Phi) is 5.73. The van der Waals surface area contributed by atoms with Gasteiger partial charge in [0.1, 0.15) is 11.0 Å². The van der Waals surface area contributed by atoms with Crippen LogP contribution in [-0.2, 0) is 14.8 Å². The Labute approximate surface area is 170 Å². The smallest absolute Gasteiger partial charge is 0.263 e. The molecule has 0 aliphatic carbocycles. The van der Waals surface area contributed by atoms with E-state index in [1.165, 1.54) is 10.4 Å². The van der Waals surface area contributed by atoms with Crippen LogP contribution >= 0.6 is 0 Å². The number of hydrogen-bond donors (Lipinski definition) is 0. The molecule has 2 aliphatic heterocycles. The highest BCUT2D eigenvalue weighted by Crippen LogP contribution is 2.25. The highest BCUT2D eigenvalue weighted by Gasteiger charge is 2.29. The fraction of sp³-hybridized carbons (Fsp3) is 0.632. The third kappa shape index (κ3) is 4.23. The number of aromatic nitrogens is 3. The lowest BCUT2D eigenvalue weighted by molar-refractivity contribution is -0.137. The zero-order valence-corrected chi connectivity index (χ0v) is 17.5. The van der Waals surface area contributed by atoms with Gasteiger partial charge in [0.2, 0.25) is 10.0 Å². The first-order valence-electron chi connectivity index (χ1n) is 10.2. The van der Waals surface area contributed by atoms with Crippen LogP contribution in [0.4, 0.5) is 0 Å². The van der Waals surface area contributed by atoms with Crippen LogP contribution in [0.5, 0.6) is 0 Å². The molecule has 2 saturated heterocycles. The van der Waals surface area contributed by atoms with Crippen LogP contribution < -0.4 is 4.84 Å². The minimum atomic E-state index is -3.60. The zero-order chi connectivity index (χ0) is 20.4. The van der Waals surface area contributed by atoms with Gasteiger partial charge in [-0.25, -0.2) is 8.42 Å². The van der Waals surface area contributed by atoms with Crippen molar-refractivity contribution in [3.8, 4) is 0 Å². The van der Waals surface area contributed by atoms with Gasteiger partial charge >= 0.3 is 0 Å². The van der Waals surface area contributed by atoms with E-state index in [9.17, 15) is 13.2 Å².